The molecule has 142 valence electrons. The van der Waals surface area contributed by atoms with Crippen molar-refractivity contribution in [2.45, 2.75) is 24.7 Å². The molecule has 25 heavy (non-hydrogen) atoms. The van der Waals surface area contributed by atoms with Crippen LogP contribution in [0.4, 0.5) is 11.4 Å². The number of guanidine groups is 1. The minimum atomic E-state index is -3.50. The molecular formula is C14H24IN5O4S. The number of hydrogen-bond acceptors (Lipinski definition) is 6. The standard InChI is InChI=1S/C14H23N5O4S.HI/c1-3-4-7-17-14(15)18-9-8-16-12-6-5-11(24(2,22)23)10-13(12)19(20)21;/h5-6,10,16H,3-4,7-9H2,1-2H3,(H3,15,17,18);1H. The topological polar surface area (TPSA) is 140 Å². The van der Waals surface area contributed by atoms with Crippen molar-refractivity contribution < 1.29 is 13.3 Å². The second-order valence-electron chi connectivity index (χ2n) is 5.18. The van der Waals surface area contributed by atoms with Gasteiger partial charge in [0.15, 0.2) is 15.8 Å². The van der Waals surface area contributed by atoms with Gasteiger partial charge in [0.2, 0.25) is 0 Å². The highest BCUT2D eigenvalue weighted by Gasteiger charge is 2.18. The molecule has 0 spiro atoms. The number of aliphatic imine (C=N–C) groups is 1. The van der Waals surface area contributed by atoms with Crippen LogP contribution in [-0.4, -0.2) is 45.2 Å². The summed E-state index contributed by atoms with van der Waals surface area (Å²) in [5, 5.41) is 16.9. The van der Waals surface area contributed by atoms with Crippen LogP contribution in [0.2, 0.25) is 0 Å². The number of halogens is 1. The van der Waals surface area contributed by atoms with Crippen LogP contribution in [0.5, 0.6) is 0 Å². The van der Waals surface area contributed by atoms with E-state index in [1.807, 2.05) is 0 Å². The third-order valence-corrected chi connectivity index (χ3v) is 4.24. The van der Waals surface area contributed by atoms with Crippen LogP contribution in [-0.2, 0) is 9.84 Å². The monoisotopic (exact) mass is 485 g/mol. The van der Waals surface area contributed by atoms with E-state index < -0.39 is 14.8 Å². The van der Waals surface area contributed by atoms with Crippen LogP contribution in [0.1, 0.15) is 19.8 Å². The van der Waals surface area contributed by atoms with Crippen molar-refractivity contribution >= 4 is 51.1 Å². The van der Waals surface area contributed by atoms with Gasteiger partial charge in [0, 0.05) is 32.0 Å². The van der Waals surface area contributed by atoms with Gasteiger partial charge in [-0.15, -0.1) is 24.0 Å². The van der Waals surface area contributed by atoms with E-state index in [1.165, 1.54) is 12.1 Å². The first kappa shape index (κ1) is 23.4. The molecule has 0 radical (unpaired) electrons. The molecule has 0 aliphatic heterocycles. The second kappa shape index (κ2) is 11.1. The van der Waals surface area contributed by atoms with Gasteiger partial charge in [-0.3, -0.25) is 15.1 Å². The molecule has 0 unspecified atom stereocenters. The summed E-state index contributed by atoms with van der Waals surface area (Å²) in [6.07, 6.45) is 2.99. The molecule has 0 aromatic heterocycles. The number of benzene rings is 1. The number of nitrogens with one attached hydrogen (secondary N) is 2. The van der Waals surface area contributed by atoms with Crippen molar-refractivity contribution in [3.8, 4) is 0 Å². The van der Waals surface area contributed by atoms with Gasteiger partial charge >= 0.3 is 0 Å². The summed E-state index contributed by atoms with van der Waals surface area (Å²) in [6, 6.07) is 3.76. The van der Waals surface area contributed by atoms with Crippen LogP contribution in [0, 0.1) is 10.1 Å². The Morgan fingerprint density at radius 1 is 1.36 bits per heavy atom. The fourth-order valence-corrected chi connectivity index (χ4v) is 2.48. The van der Waals surface area contributed by atoms with Gasteiger partial charge in [0.25, 0.3) is 5.69 Å². The maximum absolute atomic E-state index is 11.5. The summed E-state index contributed by atoms with van der Waals surface area (Å²) < 4.78 is 23.0. The number of sulfone groups is 1. The van der Waals surface area contributed by atoms with Gasteiger partial charge in [0.05, 0.1) is 9.82 Å². The summed E-state index contributed by atoms with van der Waals surface area (Å²) in [5.41, 5.74) is 5.63. The first-order valence-corrected chi connectivity index (χ1v) is 9.41. The fourth-order valence-electron chi connectivity index (χ4n) is 1.84. The van der Waals surface area contributed by atoms with E-state index >= 15 is 0 Å². The van der Waals surface area contributed by atoms with Crippen LogP contribution in [0.15, 0.2) is 28.1 Å². The van der Waals surface area contributed by atoms with Gasteiger partial charge in [-0.05, 0) is 18.6 Å². The Kier molecular flexibility index (Phi) is 10.4. The third-order valence-electron chi connectivity index (χ3n) is 3.13. The Labute approximate surface area is 164 Å². The van der Waals surface area contributed by atoms with Crippen LogP contribution in [0.25, 0.3) is 0 Å². The molecule has 0 amide bonds. The minimum Gasteiger partial charge on any atom is -0.378 e. The zero-order valence-electron chi connectivity index (χ0n) is 14.2. The third kappa shape index (κ3) is 8.34. The van der Waals surface area contributed by atoms with Crippen molar-refractivity contribution in [1.82, 2.24) is 5.32 Å². The van der Waals surface area contributed by atoms with Crippen molar-refractivity contribution in [1.29, 1.82) is 0 Å². The number of nitrogens with zero attached hydrogens (tertiary/aromatic N) is 2. The Morgan fingerprint density at radius 3 is 2.60 bits per heavy atom. The van der Waals surface area contributed by atoms with Crippen molar-refractivity contribution in [3.05, 3.63) is 28.3 Å². The number of nitro benzene ring substituents is 1. The highest BCUT2D eigenvalue weighted by Crippen LogP contribution is 2.27. The van der Waals surface area contributed by atoms with Gasteiger partial charge in [-0.2, -0.15) is 0 Å². The molecule has 1 rings (SSSR count). The van der Waals surface area contributed by atoms with Gasteiger partial charge in [0.1, 0.15) is 5.69 Å². The summed E-state index contributed by atoms with van der Waals surface area (Å²) in [5.74, 6) is 0.326. The van der Waals surface area contributed by atoms with Crippen LogP contribution < -0.4 is 16.4 Å². The first-order valence-electron chi connectivity index (χ1n) is 7.52. The van der Waals surface area contributed by atoms with Gasteiger partial charge in [-0.25, -0.2) is 8.42 Å². The average molecular weight is 485 g/mol. The van der Waals surface area contributed by atoms with E-state index in [0.717, 1.165) is 25.2 Å². The Morgan fingerprint density at radius 2 is 2.04 bits per heavy atom. The van der Waals surface area contributed by atoms with E-state index in [4.69, 9.17) is 5.73 Å². The highest BCUT2D eigenvalue weighted by atomic mass is 127. The smallest absolute Gasteiger partial charge is 0.293 e. The number of unbranched alkanes of at least 4 members (excludes halogenated alkanes) is 1. The largest absolute Gasteiger partial charge is 0.378 e. The SMILES string of the molecule is CCCCN=C(N)NCCNc1ccc(S(C)(=O)=O)cc1[N+](=O)[O-].I. The summed E-state index contributed by atoms with van der Waals surface area (Å²) >= 11 is 0. The second-order valence-corrected chi connectivity index (χ2v) is 7.20. The molecule has 0 fully saturated rings. The molecule has 4 N–H and O–H groups in total. The predicted molar refractivity (Wildman–Crippen MR) is 110 cm³/mol. The van der Waals surface area contributed by atoms with Gasteiger partial charge in [-0.1, -0.05) is 13.3 Å². The molecule has 0 saturated heterocycles. The van der Waals surface area contributed by atoms with Crippen LogP contribution >= 0.6 is 24.0 Å². The number of hydrogen-bond donors (Lipinski definition) is 3. The molecule has 0 heterocycles. The summed E-state index contributed by atoms with van der Waals surface area (Å²) in [7, 11) is -3.50. The minimum absolute atomic E-state index is 0. The van der Waals surface area contributed by atoms with Crippen LogP contribution in [0.3, 0.4) is 0 Å². The Bertz CT molecular complexity index is 709. The number of rotatable bonds is 9. The van der Waals surface area contributed by atoms with Gasteiger partial charge < -0.3 is 16.4 Å². The summed E-state index contributed by atoms with van der Waals surface area (Å²) in [4.78, 5) is 14.5. The molecule has 0 atom stereocenters. The molecule has 0 bridgehead atoms. The maximum atomic E-state index is 11.5. The molecular weight excluding hydrogens is 461 g/mol. The lowest BCUT2D eigenvalue weighted by atomic mass is 10.2. The maximum Gasteiger partial charge on any atom is 0.293 e. The number of nitrogens with two attached hydrogens (primary N) is 1. The van der Waals surface area contributed by atoms with E-state index in [2.05, 4.69) is 22.5 Å². The average Bonchev–Trinajstić information content (AvgIpc) is 2.50. The van der Waals surface area contributed by atoms with E-state index in [-0.39, 0.29) is 40.2 Å². The molecule has 0 aliphatic rings. The zero-order valence-corrected chi connectivity index (χ0v) is 17.3. The summed E-state index contributed by atoms with van der Waals surface area (Å²) in [6.45, 7) is 3.50. The molecule has 9 nitrogen and oxygen atoms in total. The normalized spacial score (nSPS) is 11.5. The molecule has 1 aromatic rings. The van der Waals surface area contributed by atoms with Crippen molar-refractivity contribution in [3.63, 3.8) is 0 Å². The van der Waals surface area contributed by atoms with Crippen molar-refractivity contribution in [2.75, 3.05) is 31.2 Å². The Hall–Kier alpha value is -1.63. The lowest BCUT2D eigenvalue weighted by Gasteiger charge is -2.09. The van der Waals surface area contributed by atoms with E-state index in [1.54, 1.807) is 0 Å². The number of anilines is 1. The number of nitro groups is 1. The molecule has 0 saturated carbocycles. The highest BCUT2D eigenvalue weighted by molar-refractivity contribution is 14.0. The first-order chi connectivity index (χ1) is 11.3. The molecule has 0 aliphatic carbocycles. The lowest BCUT2D eigenvalue weighted by molar-refractivity contribution is -0.384. The fraction of sp³-hybridized carbons (Fsp3) is 0.500. The molecule has 11 heteroatoms. The van der Waals surface area contributed by atoms with Crippen molar-refractivity contribution in [2.24, 2.45) is 10.7 Å². The zero-order chi connectivity index (χ0) is 18.2. The molecule has 1 aromatic carbocycles. The van der Waals surface area contributed by atoms with E-state index in [0.29, 0.717) is 25.6 Å². The van der Waals surface area contributed by atoms with E-state index in [9.17, 15) is 18.5 Å². The predicted octanol–water partition coefficient (Wildman–Crippen LogP) is 1.73. The lowest BCUT2D eigenvalue weighted by Crippen LogP contribution is -2.35. The quantitative estimate of drug-likeness (QED) is 0.121. The Balaban J connectivity index is 0.00000576.